The number of halogens is 4. The maximum Gasteiger partial charge on any atom is 0.405 e. The number of nitrogens with one attached hydrogen (secondary N) is 1. The van der Waals surface area contributed by atoms with Crippen molar-refractivity contribution in [3.8, 4) is 0 Å². The molecule has 0 atom stereocenters. The Bertz CT molecular complexity index is 850. The zero-order chi connectivity index (χ0) is 20.0. The number of hydrogen-bond acceptors (Lipinski definition) is 4. The van der Waals surface area contributed by atoms with Crippen LogP contribution in [-0.4, -0.2) is 37.0 Å². The van der Waals surface area contributed by atoms with E-state index < -0.39 is 37.0 Å². The van der Waals surface area contributed by atoms with Crippen molar-refractivity contribution >= 4 is 29.3 Å². The Kier molecular flexibility index (Phi) is 6.57. The Morgan fingerprint density at radius 1 is 0.963 bits per heavy atom. The highest BCUT2D eigenvalue weighted by molar-refractivity contribution is 6.30. The van der Waals surface area contributed by atoms with Crippen LogP contribution >= 0.6 is 11.6 Å². The maximum atomic E-state index is 12.6. The molecular formula is C18H13ClF3NO4. The summed E-state index contributed by atoms with van der Waals surface area (Å²) in [6, 6.07) is 11.7. The van der Waals surface area contributed by atoms with Crippen LogP contribution in [0, 0.1) is 0 Å². The van der Waals surface area contributed by atoms with E-state index in [0.29, 0.717) is 5.02 Å². The summed E-state index contributed by atoms with van der Waals surface area (Å²) in [4.78, 5) is 36.1. The molecule has 1 amide bonds. The van der Waals surface area contributed by atoms with Gasteiger partial charge in [0.1, 0.15) is 6.54 Å². The minimum absolute atomic E-state index is 0.0283. The van der Waals surface area contributed by atoms with E-state index in [9.17, 15) is 27.6 Å². The second kappa shape index (κ2) is 8.68. The smallest absolute Gasteiger partial charge is 0.405 e. The predicted octanol–water partition coefficient (Wildman–Crippen LogP) is 3.41. The molecule has 0 aliphatic carbocycles. The molecule has 2 aromatic carbocycles. The minimum Gasteiger partial charge on any atom is -0.452 e. The molecule has 142 valence electrons. The lowest BCUT2D eigenvalue weighted by Crippen LogP contribution is -2.36. The van der Waals surface area contributed by atoms with Gasteiger partial charge in [0.25, 0.3) is 5.91 Å². The first kappa shape index (κ1) is 20.4. The average molecular weight is 400 g/mol. The molecule has 0 unspecified atom stereocenters. The van der Waals surface area contributed by atoms with Gasteiger partial charge in [-0.2, -0.15) is 13.2 Å². The number of alkyl halides is 3. The lowest BCUT2D eigenvalue weighted by Gasteiger charge is -2.10. The van der Waals surface area contributed by atoms with Crippen molar-refractivity contribution in [2.75, 3.05) is 13.2 Å². The molecule has 0 fully saturated rings. The maximum absolute atomic E-state index is 12.6. The van der Waals surface area contributed by atoms with Gasteiger partial charge in [-0.15, -0.1) is 0 Å². The summed E-state index contributed by atoms with van der Waals surface area (Å²) < 4.78 is 40.8. The topological polar surface area (TPSA) is 72.5 Å². The molecule has 9 heteroatoms. The number of esters is 1. The fourth-order valence-corrected chi connectivity index (χ4v) is 2.20. The number of ether oxygens (including phenoxy) is 1. The summed E-state index contributed by atoms with van der Waals surface area (Å²) >= 11 is 5.78. The van der Waals surface area contributed by atoms with Crippen molar-refractivity contribution in [3.63, 3.8) is 0 Å². The van der Waals surface area contributed by atoms with E-state index in [1.165, 1.54) is 48.5 Å². The van der Waals surface area contributed by atoms with E-state index >= 15 is 0 Å². The average Bonchev–Trinajstić information content (AvgIpc) is 2.64. The number of amides is 1. The van der Waals surface area contributed by atoms with Crippen LogP contribution in [0.2, 0.25) is 5.02 Å². The second-order valence-corrected chi connectivity index (χ2v) is 5.79. The highest BCUT2D eigenvalue weighted by Gasteiger charge is 2.28. The van der Waals surface area contributed by atoms with Gasteiger partial charge in [-0.3, -0.25) is 9.59 Å². The summed E-state index contributed by atoms with van der Waals surface area (Å²) in [5.74, 6) is -2.59. The lowest BCUT2D eigenvalue weighted by atomic mass is 9.98. The minimum atomic E-state index is -4.57. The normalized spacial score (nSPS) is 11.0. The van der Waals surface area contributed by atoms with Gasteiger partial charge in [0.2, 0.25) is 0 Å². The standard InChI is InChI=1S/C18H13ClF3NO4/c19-12-7-5-11(6-8-12)16(25)13-3-1-2-4-14(13)17(26)27-9-15(24)23-10-18(20,21)22/h1-8H,9-10H2,(H,23,24). The number of benzene rings is 2. The molecule has 1 N–H and O–H groups in total. The summed E-state index contributed by atoms with van der Waals surface area (Å²) in [6.45, 7) is -2.44. The first-order valence-electron chi connectivity index (χ1n) is 7.57. The van der Waals surface area contributed by atoms with Gasteiger partial charge in [0.05, 0.1) is 5.56 Å². The SMILES string of the molecule is O=C(COC(=O)c1ccccc1C(=O)c1ccc(Cl)cc1)NCC(F)(F)F. The third-order valence-electron chi connectivity index (χ3n) is 3.32. The van der Waals surface area contributed by atoms with Gasteiger partial charge in [-0.25, -0.2) is 4.79 Å². The van der Waals surface area contributed by atoms with Crippen molar-refractivity contribution in [1.82, 2.24) is 5.32 Å². The fourth-order valence-electron chi connectivity index (χ4n) is 2.07. The third kappa shape index (κ3) is 6.10. The monoisotopic (exact) mass is 399 g/mol. The Morgan fingerprint density at radius 3 is 2.15 bits per heavy atom. The highest BCUT2D eigenvalue weighted by atomic mass is 35.5. The number of hydrogen-bond donors (Lipinski definition) is 1. The molecule has 27 heavy (non-hydrogen) atoms. The largest absolute Gasteiger partial charge is 0.452 e. The van der Waals surface area contributed by atoms with Gasteiger partial charge in [0.15, 0.2) is 12.4 Å². The number of carbonyl (C=O) groups is 3. The molecule has 0 spiro atoms. The van der Waals surface area contributed by atoms with Crippen molar-refractivity contribution in [3.05, 3.63) is 70.2 Å². The number of ketones is 1. The van der Waals surface area contributed by atoms with Crippen LogP contribution in [0.5, 0.6) is 0 Å². The number of carbonyl (C=O) groups excluding carboxylic acids is 3. The van der Waals surface area contributed by atoms with E-state index in [-0.39, 0.29) is 16.7 Å². The van der Waals surface area contributed by atoms with Crippen molar-refractivity contribution in [2.45, 2.75) is 6.18 Å². The van der Waals surface area contributed by atoms with E-state index in [0.717, 1.165) is 0 Å². The first-order chi connectivity index (χ1) is 12.7. The van der Waals surface area contributed by atoms with Crippen LogP contribution in [0.1, 0.15) is 26.3 Å². The Labute approximate surface area is 157 Å². The molecule has 0 bridgehead atoms. The van der Waals surface area contributed by atoms with E-state index in [2.05, 4.69) is 0 Å². The summed E-state index contributed by atoms with van der Waals surface area (Å²) in [5.41, 5.74) is 0.198. The van der Waals surface area contributed by atoms with Gasteiger partial charge >= 0.3 is 12.1 Å². The summed E-state index contributed by atoms with van der Waals surface area (Å²) in [7, 11) is 0. The van der Waals surface area contributed by atoms with Crippen molar-refractivity contribution in [1.29, 1.82) is 0 Å². The molecule has 2 aromatic rings. The molecule has 0 aromatic heterocycles. The molecule has 0 aliphatic heterocycles. The molecule has 0 radical (unpaired) electrons. The molecule has 2 rings (SSSR count). The van der Waals surface area contributed by atoms with Crippen LogP contribution in [-0.2, 0) is 9.53 Å². The molecule has 0 saturated carbocycles. The van der Waals surface area contributed by atoms with Gasteiger partial charge in [0, 0.05) is 16.1 Å². The van der Waals surface area contributed by atoms with Crippen LogP contribution in [0.25, 0.3) is 0 Å². The van der Waals surface area contributed by atoms with Crippen LogP contribution in [0.4, 0.5) is 13.2 Å². The van der Waals surface area contributed by atoms with Crippen LogP contribution in [0.15, 0.2) is 48.5 Å². The van der Waals surface area contributed by atoms with Crippen LogP contribution < -0.4 is 5.32 Å². The predicted molar refractivity (Wildman–Crippen MR) is 90.7 cm³/mol. The van der Waals surface area contributed by atoms with Crippen LogP contribution in [0.3, 0.4) is 0 Å². The second-order valence-electron chi connectivity index (χ2n) is 5.35. The van der Waals surface area contributed by atoms with E-state index in [4.69, 9.17) is 16.3 Å². The molecular weight excluding hydrogens is 387 g/mol. The fraction of sp³-hybridized carbons (Fsp3) is 0.167. The molecule has 0 saturated heterocycles. The third-order valence-corrected chi connectivity index (χ3v) is 3.57. The summed E-state index contributed by atoms with van der Waals surface area (Å²) in [6.07, 6.45) is -4.57. The van der Waals surface area contributed by atoms with Crippen molar-refractivity contribution in [2.24, 2.45) is 0 Å². The zero-order valence-electron chi connectivity index (χ0n) is 13.7. The zero-order valence-corrected chi connectivity index (χ0v) is 14.4. The Morgan fingerprint density at radius 2 is 1.56 bits per heavy atom. The van der Waals surface area contributed by atoms with Gasteiger partial charge in [-0.05, 0) is 30.3 Å². The van der Waals surface area contributed by atoms with Crippen molar-refractivity contribution < 1.29 is 32.3 Å². The lowest BCUT2D eigenvalue weighted by molar-refractivity contribution is -0.140. The molecule has 5 nitrogen and oxygen atoms in total. The summed E-state index contributed by atoms with van der Waals surface area (Å²) in [5, 5.41) is 2.01. The van der Waals surface area contributed by atoms with Gasteiger partial charge in [-0.1, -0.05) is 29.8 Å². The Hall–Kier alpha value is -2.87. The first-order valence-corrected chi connectivity index (χ1v) is 7.95. The quantitative estimate of drug-likeness (QED) is 0.597. The van der Waals surface area contributed by atoms with E-state index in [1.54, 1.807) is 5.32 Å². The van der Waals surface area contributed by atoms with Gasteiger partial charge < -0.3 is 10.1 Å². The molecule has 0 aliphatic rings. The number of rotatable bonds is 6. The Balaban J connectivity index is 2.08. The molecule has 0 heterocycles. The highest BCUT2D eigenvalue weighted by Crippen LogP contribution is 2.18. The van der Waals surface area contributed by atoms with E-state index in [1.807, 2.05) is 0 Å².